The smallest absolute Gasteiger partial charge is 0.337 e. The average molecular weight is 485 g/mol. The lowest BCUT2D eigenvalue weighted by Gasteiger charge is -2.28. The van der Waals surface area contributed by atoms with Gasteiger partial charge in [-0.25, -0.2) is 9.59 Å². The van der Waals surface area contributed by atoms with E-state index in [-0.39, 0.29) is 17.9 Å². The van der Waals surface area contributed by atoms with Crippen LogP contribution in [0.5, 0.6) is 17.2 Å². The van der Waals surface area contributed by atoms with Gasteiger partial charge in [-0.1, -0.05) is 18.2 Å². The molecule has 0 saturated heterocycles. The molecule has 0 saturated carbocycles. The van der Waals surface area contributed by atoms with Crippen LogP contribution in [0.15, 0.2) is 58.8 Å². The molecule has 35 heavy (non-hydrogen) atoms. The maximum atomic E-state index is 12.3. The van der Waals surface area contributed by atoms with Crippen LogP contribution in [0.25, 0.3) is 0 Å². The molecule has 0 bridgehead atoms. The minimum Gasteiger partial charge on any atom is -0.507 e. The van der Waals surface area contributed by atoms with E-state index in [4.69, 9.17) is 14.2 Å². The van der Waals surface area contributed by atoms with E-state index in [1.807, 2.05) is 0 Å². The zero-order valence-electron chi connectivity index (χ0n) is 19.6. The Kier molecular flexibility index (Phi) is 8.52. The predicted octanol–water partition coefficient (Wildman–Crippen LogP) is 1.91. The zero-order valence-corrected chi connectivity index (χ0v) is 19.6. The van der Waals surface area contributed by atoms with Crippen molar-refractivity contribution in [2.24, 2.45) is 5.10 Å². The summed E-state index contributed by atoms with van der Waals surface area (Å²) < 4.78 is 16.3. The minimum atomic E-state index is -1.15. The second-order valence-electron chi connectivity index (χ2n) is 7.47. The summed E-state index contributed by atoms with van der Waals surface area (Å²) in [6, 6.07) is 10.4. The number of para-hydroxylation sites is 1. The van der Waals surface area contributed by atoms with Gasteiger partial charge in [0.05, 0.1) is 31.5 Å². The van der Waals surface area contributed by atoms with Crippen molar-refractivity contribution in [2.45, 2.75) is 26.1 Å². The second kappa shape index (κ2) is 11.7. The molecule has 0 radical (unpaired) electrons. The van der Waals surface area contributed by atoms with Gasteiger partial charge in [0.15, 0.2) is 17.7 Å². The number of methoxy groups -OCH3 is 1. The van der Waals surface area contributed by atoms with Gasteiger partial charge in [0.25, 0.3) is 0 Å². The summed E-state index contributed by atoms with van der Waals surface area (Å²) in [4.78, 5) is 24.4. The van der Waals surface area contributed by atoms with Gasteiger partial charge in [-0.2, -0.15) is 5.10 Å². The molecule has 0 aromatic heterocycles. The first kappa shape index (κ1) is 25.4. The maximum Gasteiger partial charge on any atom is 0.337 e. The predicted molar refractivity (Wildman–Crippen MR) is 127 cm³/mol. The molecule has 0 fully saturated rings. The van der Waals surface area contributed by atoms with Crippen molar-refractivity contribution in [1.29, 1.82) is 0 Å². The van der Waals surface area contributed by atoms with Crippen molar-refractivity contribution >= 4 is 18.2 Å². The Morgan fingerprint density at radius 1 is 1.23 bits per heavy atom. The fraction of sp³-hybridized carbons (Fsp3) is 0.292. The van der Waals surface area contributed by atoms with Crippen molar-refractivity contribution in [3.8, 4) is 17.2 Å². The SMILES string of the molecule is CCOc1cc([C@@H]2NC(=O)NC(C)=C2C(=O)OC)ccc1OC[C@@H](O)N/N=C\c1ccccc1O. The van der Waals surface area contributed by atoms with Gasteiger partial charge in [0.2, 0.25) is 0 Å². The fourth-order valence-electron chi connectivity index (χ4n) is 3.41. The van der Waals surface area contributed by atoms with Crippen LogP contribution >= 0.6 is 0 Å². The summed E-state index contributed by atoms with van der Waals surface area (Å²) in [5.74, 6) is 0.207. The molecular formula is C24H28N4O7. The summed E-state index contributed by atoms with van der Waals surface area (Å²) in [6.45, 7) is 3.60. The van der Waals surface area contributed by atoms with E-state index in [0.29, 0.717) is 34.9 Å². The number of aliphatic hydroxyl groups is 1. The van der Waals surface area contributed by atoms with Crippen LogP contribution < -0.4 is 25.5 Å². The zero-order chi connectivity index (χ0) is 25.4. The van der Waals surface area contributed by atoms with Gasteiger partial charge in [-0.3, -0.25) is 5.43 Å². The number of aromatic hydroxyl groups is 1. The summed E-state index contributed by atoms with van der Waals surface area (Å²) in [7, 11) is 1.27. The second-order valence-corrected chi connectivity index (χ2v) is 7.47. The number of carbonyl (C=O) groups is 2. The quantitative estimate of drug-likeness (QED) is 0.149. The topological polar surface area (TPSA) is 151 Å². The van der Waals surface area contributed by atoms with Crippen molar-refractivity contribution in [3.05, 3.63) is 64.9 Å². The number of phenols is 1. The highest BCUT2D eigenvalue weighted by atomic mass is 16.5. The van der Waals surface area contributed by atoms with Gasteiger partial charge in [-0.15, -0.1) is 0 Å². The average Bonchev–Trinajstić information content (AvgIpc) is 2.83. The molecule has 2 aromatic carbocycles. The number of nitrogens with one attached hydrogen (secondary N) is 3. The number of hydrazone groups is 1. The number of aliphatic hydroxyl groups excluding tert-OH is 1. The number of ether oxygens (including phenoxy) is 3. The molecule has 0 unspecified atom stereocenters. The number of benzene rings is 2. The largest absolute Gasteiger partial charge is 0.507 e. The van der Waals surface area contributed by atoms with E-state index in [1.54, 1.807) is 50.2 Å². The van der Waals surface area contributed by atoms with Crippen molar-refractivity contribution in [2.75, 3.05) is 20.3 Å². The molecule has 11 nitrogen and oxygen atoms in total. The number of nitrogens with zero attached hydrogens (tertiary/aromatic N) is 1. The van der Waals surface area contributed by atoms with Crippen molar-refractivity contribution < 1.29 is 34.0 Å². The lowest BCUT2D eigenvalue weighted by molar-refractivity contribution is -0.136. The molecule has 2 atom stereocenters. The monoisotopic (exact) mass is 484 g/mol. The van der Waals surface area contributed by atoms with Crippen LogP contribution in [0, 0.1) is 0 Å². The minimum absolute atomic E-state index is 0.0653. The number of rotatable bonds is 10. The molecule has 2 aromatic rings. The van der Waals surface area contributed by atoms with Gasteiger partial charge in [-0.05, 0) is 43.7 Å². The summed E-state index contributed by atoms with van der Waals surface area (Å²) in [6.07, 6.45) is 0.229. The first-order valence-electron chi connectivity index (χ1n) is 10.8. The Bertz CT molecular complexity index is 1130. The van der Waals surface area contributed by atoms with E-state index < -0.39 is 24.3 Å². The van der Waals surface area contributed by atoms with Gasteiger partial charge >= 0.3 is 12.0 Å². The molecule has 1 heterocycles. The Morgan fingerprint density at radius 2 is 2.00 bits per heavy atom. The van der Waals surface area contributed by atoms with Gasteiger partial charge < -0.3 is 35.1 Å². The van der Waals surface area contributed by atoms with E-state index in [0.717, 1.165) is 0 Å². The Balaban J connectivity index is 1.72. The molecule has 11 heteroatoms. The van der Waals surface area contributed by atoms with Crippen LogP contribution in [0.2, 0.25) is 0 Å². The number of allylic oxidation sites excluding steroid dienone is 1. The Hall–Kier alpha value is -4.25. The molecule has 2 amide bonds. The molecule has 1 aliphatic rings. The molecule has 1 aliphatic heterocycles. The lowest BCUT2D eigenvalue weighted by Crippen LogP contribution is -2.45. The molecule has 0 aliphatic carbocycles. The maximum absolute atomic E-state index is 12.3. The number of phenolic OH excluding ortho intramolecular Hbond substituents is 1. The summed E-state index contributed by atoms with van der Waals surface area (Å²) >= 11 is 0. The van der Waals surface area contributed by atoms with Crippen LogP contribution in [0.3, 0.4) is 0 Å². The van der Waals surface area contributed by atoms with E-state index in [9.17, 15) is 19.8 Å². The van der Waals surface area contributed by atoms with Gasteiger partial charge in [0, 0.05) is 11.3 Å². The highest BCUT2D eigenvalue weighted by molar-refractivity contribution is 5.95. The van der Waals surface area contributed by atoms with Crippen molar-refractivity contribution in [3.63, 3.8) is 0 Å². The van der Waals surface area contributed by atoms with Crippen LogP contribution in [-0.2, 0) is 9.53 Å². The summed E-state index contributed by atoms with van der Waals surface area (Å²) in [5, 5.41) is 29.1. The van der Waals surface area contributed by atoms with Gasteiger partial charge in [0.1, 0.15) is 12.4 Å². The van der Waals surface area contributed by atoms with Crippen LogP contribution in [-0.4, -0.2) is 55.0 Å². The van der Waals surface area contributed by atoms with Crippen LogP contribution in [0.1, 0.15) is 31.0 Å². The Morgan fingerprint density at radius 3 is 2.71 bits per heavy atom. The Labute approximate surface area is 202 Å². The van der Waals surface area contributed by atoms with Crippen molar-refractivity contribution in [1.82, 2.24) is 16.1 Å². The number of hydrogen-bond donors (Lipinski definition) is 5. The summed E-state index contributed by atoms with van der Waals surface area (Å²) in [5.41, 5.74) is 4.25. The number of urea groups is 1. The standard InChI is InChI=1S/C24H28N4O7/c1-4-34-19-11-15(22-21(23(31)33-3)14(2)26-24(32)27-22)9-10-18(19)35-13-20(30)28-25-12-16-7-5-6-8-17(16)29/h5-12,20,22,28-30H,4,13H2,1-3H3,(H2,26,27,32)/b25-12-/t20-,22+/m1/s1. The normalized spacial score (nSPS) is 16.3. The van der Waals surface area contributed by atoms with E-state index in [2.05, 4.69) is 21.2 Å². The van der Waals surface area contributed by atoms with E-state index in [1.165, 1.54) is 19.4 Å². The number of carbonyl (C=O) groups excluding carboxylic acids is 2. The number of hydrogen-bond acceptors (Lipinski definition) is 9. The fourth-order valence-corrected chi connectivity index (χ4v) is 3.41. The first-order valence-corrected chi connectivity index (χ1v) is 10.8. The van der Waals surface area contributed by atoms with E-state index >= 15 is 0 Å². The number of esters is 1. The third-order valence-electron chi connectivity index (χ3n) is 5.04. The number of amides is 2. The first-order chi connectivity index (χ1) is 16.8. The molecular weight excluding hydrogens is 456 g/mol. The third-order valence-corrected chi connectivity index (χ3v) is 5.04. The molecule has 186 valence electrons. The molecule has 0 spiro atoms. The van der Waals surface area contributed by atoms with Crippen LogP contribution in [0.4, 0.5) is 4.79 Å². The highest BCUT2D eigenvalue weighted by Crippen LogP contribution is 2.34. The highest BCUT2D eigenvalue weighted by Gasteiger charge is 2.32. The lowest BCUT2D eigenvalue weighted by atomic mass is 9.95. The molecule has 5 N–H and O–H groups in total. The third kappa shape index (κ3) is 6.42. The molecule has 3 rings (SSSR count).